The molecular formula is C10H14. The fourth-order valence-electron chi connectivity index (χ4n) is 1.42. The summed E-state index contributed by atoms with van der Waals surface area (Å²) in [4.78, 5) is 0. The van der Waals surface area contributed by atoms with Gasteiger partial charge in [0, 0.05) is 0 Å². The SMILES string of the molecule is C=CC1=C(C=C)CCCC1. The molecular weight excluding hydrogens is 120 g/mol. The molecule has 0 nitrogen and oxygen atoms in total. The van der Waals surface area contributed by atoms with E-state index in [2.05, 4.69) is 13.2 Å². The highest BCUT2D eigenvalue weighted by molar-refractivity contribution is 5.32. The van der Waals surface area contributed by atoms with Crippen molar-refractivity contribution in [2.45, 2.75) is 25.7 Å². The first-order chi connectivity index (χ1) is 4.88. The van der Waals surface area contributed by atoms with Gasteiger partial charge in [-0.1, -0.05) is 25.3 Å². The van der Waals surface area contributed by atoms with Crippen LogP contribution in [-0.4, -0.2) is 0 Å². The summed E-state index contributed by atoms with van der Waals surface area (Å²) in [6.07, 6.45) is 8.97. The van der Waals surface area contributed by atoms with Crippen LogP contribution in [-0.2, 0) is 0 Å². The van der Waals surface area contributed by atoms with Crippen LogP contribution in [0.4, 0.5) is 0 Å². The molecule has 0 radical (unpaired) electrons. The van der Waals surface area contributed by atoms with Crippen molar-refractivity contribution < 1.29 is 0 Å². The first kappa shape index (κ1) is 7.33. The molecule has 0 fully saturated rings. The molecule has 0 amide bonds. The quantitative estimate of drug-likeness (QED) is 0.544. The largest absolute Gasteiger partial charge is 0.0988 e. The zero-order valence-corrected chi connectivity index (χ0v) is 6.40. The second-order valence-electron chi connectivity index (χ2n) is 2.67. The molecule has 0 atom stereocenters. The Morgan fingerprint density at radius 1 is 0.900 bits per heavy atom. The van der Waals surface area contributed by atoms with Gasteiger partial charge in [-0.2, -0.15) is 0 Å². The second kappa shape index (κ2) is 3.40. The Bertz CT molecular complexity index is 152. The van der Waals surface area contributed by atoms with Crippen LogP contribution in [0.5, 0.6) is 0 Å². The van der Waals surface area contributed by atoms with Crippen molar-refractivity contribution in [3.05, 3.63) is 36.5 Å². The maximum atomic E-state index is 3.78. The molecule has 0 spiro atoms. The van der Waals surface area contributed by atoms with Crippen molar-refractivity contribution in [2.75, 3.05) is 0 Å². The van der Waals surface area contributed by atoms with E-state index in [0.29, 0.717) is 0 Å². The smallest absolute Gasteiger partial charge is 0.0276 e. The lowest BCUT2D eigenvalue weighted by molar-refractivity contribution is 0.694. The van der Waals surface area contributed by atoms with Crippen LogP contribution in [0, 0.1) is 0 Å². The van der Waals surface area contributed by atoms with Crippen molar-refractivity contribution >= 4 is 0 Å². The van der Waals surface area contributed by atoms with Gasteiger partial charge in [-0.05, 0) is 36.8 Å². The van der Waals surface area contributed by atoms with Crippen molar-refractivity contribution in [2.24, 2.45) is 0 Å². The van der Waals surface area contributed by atoms with Crippen LogP contribution in [0.25, 0.3) is 0 Å². The second-order valence-corrected chi connectivity index (χ2v) is 2.67. The van der Waals surface area contributed by atoms with Gasteiger partial charge in [0.25, 0.3) is 0 Å². The molecule has 10 heavy (non-hydrogen) atoms. The fraction of sp³-hybridized carbons (Fsp3) is 0.400. The Morgan fingerprint density at radius 2 is 1.30 bits per heavy atom. The summed E-state index contributed by atoms with van der Waals surface area (Å²) in [5.74, 6) is 0. The summed E-state index contributed by atoms with van der Waals surface area (Å²) in [6.45, 7) is 7.55. The first-order valence-corrected chi connectivity index (χ1v) is 3.85. The van der Waals surface area contributed by atoms with E-state index < -0.39 is 0 Å². The average molecular weight is 134 g/mol. The maximum absolute atomic E-state index is 3.78. The highest BCUT2D eigenvalue weighted by Crippen LogP contribution is 2.25. The van der Waals surface area contributed by atoms with E-state index >= 15 is 0 Å². The Balaban J connectivity index is 2.81. The molecule has 1 aliphatic carbocycles. The summed E-state index contributed by atoms with van der Waals surface area (Å²) in [7, 11) is 0. The summed E-state index contributed by atoms with van der Waals surface area (Å²) in [6, 6.07) is 0. The lowest BCUT2D eigenvalue weighted by Gasteiger charge is -2.14. The lowest BCUT2D eigenvalue weighted by Crippen LogP contribution is -1.94. The molecule has 0 N–H and O–H groups in total. The van der Waals surface area contributed by atoms with Crippen LogP contribution < -0.4 is 0 Å². The van der Waals surface area contributed by atoms with E-state index in [1.165, 1.54) is 36.8 Å². The Kier molecular flexibility index (Phi) is 2.49. The summed E-state index contributed by atoms with van der Waals surface area (Å²) in [5.41, 5.74) is 2.81. The van der Waals surface area contributed by atoms with Gasteiger partial charge >= 0.3 is 0 Å². The molecule has 54 valence electrons. The molecule has 0 aromatic heterocycles. The zero-order valence-electron chi connectivity index (χ0n) is 6.40. The van der Waals surface area contributed by atoms with E-state index in [9.17, 15) is 0 Å². The van der Waals surface area contributed by atoms with Crippen LogP contribution in [0.1, 0.15) is 25.7 Å². The summed E-state index contributed by atoms with van der Waals surface area (Å²) < 4.78 is 0. The van der Waals surface area contributed by atoms with Gasteiger partial charge < -0.3 is 0 Å². The molecule has 0 saturated heterocycles. The third-order valence-corrected chi connectivity index (χ3v) is 2.05. The first-order valence-electron chi connectivity index (χ1n) is 3.85. The predicted molar refractivity (Wildman–Crippen MR) is 45.9 cm³/mol. The van der Waals surface area contributed by atoms with E-state index in [-0.39, 0.29) is 0 Å². The van der Waals surface area contributed by atoms with Gasteiger partial charge in [-0.15, -0.1) is 0 Å². The lowest BCUT2D eigenvalue weighted by atomic mass is 9.92. The molecule has 0 unspecified atom stereocenters. The highest BCUT2D eigenvalue weighted by Gasteiger charge is 2.05. The minimum atomic E-state index is 1.20. The number of rotatable bonds is 2. The Morgan fingerprint density at radius 3 is 1.60 bits per heavy atom. The summed E-state index contributed by atoms with van der Waals surface area (Å²) >= 11 is 0. The van der Waals surface area contributed by atoms with Crippen molar-refractivity contribution in [3.8, 4) is 0 Å². The van der Waals surface area contributed by atoms with Gasteiger partial charge in [0.2, 0.25) is 0 Å². The maximum Gasteiger partial charge on any atom is -0.0276 e. The Labute approximate surface area is 62.9 Å². The van der Waals surface area contributed by atoms with E-state index in [1.807, 2.05) is 12.2 Å². The zero-order chi connectivity index (χ0) is 7.40. The molecule has 0 saturated carbocycles. The van der Waals surface area contributed by atoms with E-state index in [4.69, 9.17) is 0 Å². The molecule has 0 heteroatoms. The van der Waals surface area contributed by atoms with Gasteiger partial charge in [0.15, 0.2) is 0 Å². The van der Waals surface area contributed by atoms with Crippen LogP contribution in [0.15, 0.2) is 36.5 Å². The summed E-state index contributed by atoms with van der Waals surface area (Å²) in [5, 5.41) is 0. The van der Waals surface area contributed by atoms with Gasteiger partial charge in [-0.25, -0.2) is 0 Å². The number of hydrogen-bond acceptors (Lipinski definition) is 0. The van der Waals surface area contributed by atoms with E-state index in [1.54, 1.807) is 0 Å². The molecule has 0 bridgehead atoms. The van der Waals surface area contributed by atoms with Crippen LogP contribution in [0.2, 0.25) is 0 Å². The van der Waals surface area contributed by atoms with Crippen molar-refractivity contribution in [3.63, 3.8) is 0 Å². The third kappa shape index (κ3) is 1.38. The van der Waals surface area contributed by atoms with Crippen molar-refractivity contribution in [1.29, 1.82) is 0 Å². The van der Waals surface area contributed by atoms with Crippen molar-refractivity contribution in [1.82, 2.24) is 0 Å². The molecule has 0 aromatic rings. The molecule has 0 aromatic carbocycles. The standard InChI is InChI=1S/C10H14/c1-3-9-7-5-6-8-10(9)4-2/h3-4H,1-2,5-8H2. The van der Waals surface area contributed by atoms with Crippen LogP contribution >= 0.6 is 0 Å². The minimum absolute atomic E-state index is 1.20. The fourth-order valence-corrected chi connectivity index (χ4v) is 1.42. The molecule has 0 heterocycles. The highest BCUT2D eigenvalue weighted by atomic mass is 14.1. The third-order valence-electron chi connectivity index (χ3n) is 2.05. The monoisotopic (exact) mass is 134 g/mol. The van der Waals surface area contributed by atoms with Gasteiger partial charge in [0.05, 0.1) is 0 Å². The average Bonchev–Trinajstić information content (AvgIpc) is 2.04. The molecule has 0 aliphatic heterocycles. The molecule has 1 aliphatic rings. The van der Waals surface area contributed by atoms with Gasteiger partial charge in [0.1, 0.15) is 0 Å². The van der Waals surface area contributed by atoms with Crippen LogP contribution in [0.3, 0.4) is 0 Å². The number of hydrogen-bond donors (Lipinski definition) is 0. The molecule has 1 rings (SSSR count). The van der Waals surface area contributed by atoms with E-state index in [0.717, 1.165) is 0 Å². The van der Waals surface area contributed by atoms with Gasteiger partial charge in [-0.3, -0.25) is 0 Å². The minimum Gasteiger partial charge on any atom is -0.0988 e. The predicted octanol–water partition coefficient (Wildman–Crippen LogP) is 3.23. The Hall–Kier alpha value is -0.780. The number of allylic oxidation sites excluding steroid dienone is 4. The topological polar surface area (TPSA) is 0 Å². The normalized spacial score (nSPS) is 18.8.